The van der Waals surface area contributed by atoms with Gasteiger partial charge in [-0.1, -0.05) is 145 Å². The predicted molar refractivity (Wildman–Crippen MR) is 175 cm³/mol. The largest absolute Gasteiger partial charge is 0.347 e. The van der Waals surface area contributed by atoms with Crippen LogP contribution in [0.5, 0.6) is 0 Å². The topological polar surface area (TPSA) is 17.8 Å². The Morgan fingerprint density at radius 2 is 1.38 bits per heavy atom. The summed E-state index contributed by atoms with van der Waals surface area (Å²) in [4.78, 5) is 4.72. The number of imidazole rings is 1. The van der Waals surface area contributed by atoms with Gasteiger partial charge in [0.2, 0.25) is 7.28 Å². The van der Waals surface area contributed by atoms with Crippen molar-refractivity contribution >= 4 is 34.1 Å². The van der Waals surface area contributed by atoms with Crippen molar-refractivity contribution in [2.75, 3.05) is 0 Å². The van der Waals surface area contributed by atoms with E-state index in [0.29, 0.717) is 5.92 Å². The van der Waals surface area contributed by atoms with E-state index in [2.05, 4.69) is 158 Å². The summed E-state index contributed by atoms with van der Waals surface area (Å²) in [6, 6.07) is 44.1. The van der Waals surface area contributed by atoms with Gasteiger partial charge in [-0.2, -0.15) is 0 Å². The van der Waals surface area contributed by atoms with E-state index in [1.54, 1.807) is 0 Å². The molecule has 0 amide bonds. The molecule has 0 bridgehead atoms. The molecule has 0 aliphatic rings. The molecular formula is C36H36BN2Si. The normalized spacial score (nSPS) is 12.3. The molecule has 4 heteroatoms. The molecule has 197 valence electrons. The quantitative estimate of drug-likeness (QED) is 0.0720. The van der Waals surface area contributed by atoms with Crippen molar-refractivity contribution in [3.05, 3.63) is 168 Å². The maximum absolute atomic E-state index is 4.72. The Bertz CT molecular complexity index is 1470. The monoisotopic (exact) mass is 535 g/mol. The third-order valence-corrected chi connectivity index (χ3v) is 8.78. The SMILES string of the molecule is CC(=CC[SiH2]Cn1ccnc1[B]C(=Cc1ccccc1)c1ccccc1)CC(c1ccccc1)c1ccccc1. The Labute approximate surface area is 242 Å². The van der Waals surface area contributed by atoms with Crippen LogP contribution in [0.15, 0.2) is 145 Å². The molecule has 0 spiro atoms. The Kier molecular flexibility index (Phi) is 9.80. The van der Waals surface area contributed by atoms with Crippen LogP contribution in [0.25, 0.3) is 11.5 Å². The van der Waals surface area contributed by atoms with Crippen molar-refractivity contribution < 1.29 is 0 Å². The minimum absolute atomic E-state index is 0.328. The molecule has 5 rings (SSSR count). The molecule has 0 atom stereocenters. The summed E-state index contributed by atoms with van der Waals surface area (Å²) in [5, 5.41) is 0. The van der Waals surface area contributed by atoms with Crippen LogP contribution in [-0.2, 0) is 6.17 Å². The average molecular weight is 536 g/mol. The first-order valence-corrected chi connectivity index (χ1v) is 16.2. The van der Waals surface area contributed by atoms with Crippen LogP contribution in [-0.4, -0.2) is 26.4 Å². The highest BCUT2D eigenvalue weighted by molar-refractivity contribution is 6.73. The van der Waals surface area contributed by atoms with E-state index in [-0.39, 0.29) is 9.52 Å². The lowest BCUT2D eigenvalue weighted by Gasteiger charge is -2.18. The van der Waals surface area contributed by atoms with Crippen LogP contribution in [0.4, 0.5) is 0 Å². The molecule has 5 aromatic rings. The van der Waals surface area contributed by atoms with Gasteiger partial charge < -0.3 is 4.57 Å². The summed E-state index contributed by atoms with van der Waals surface area (Å²) in [6.45, 7) is 2.30. The van der Waals surface area contributed by atoms with Crippen LogP contribution in [0.2, 0.25) is 6.04 Å². The van der Waals surface area contributed by atoms with E-state index in [9.17, 15) is 0 Å². The molecule has 1 radical (unpaired) electrons. The van der Waals surface area contributed by atoms with Gasteiger partial charge in [0.05, 0.1) is 5.72 Å². The molecule has 40 heavy (non-hydrogen) atoms. The Balaban J connectivity index is 1.23. The molecule has 0 aliphatic carbocycles. The summed E-state index contributed by atoms with van der Waals surface area (Å²) in [5.41, 5.74) is 8.82. The van der Waals surface area contributed by atoms with Crippen molar-refractivity contribution in [3.63, 3.8) is 0 Å². The molecule has 0 saturated carbocycles. The maximum Gasteiger partial charge on any atom is 0.241 e. The van der Waals surface area contributed by atoms with Crippen molar-refractivity contribution in [2.24, 2.45) is 0 Å². The van der Waals surface area contributed by atoms with Gasteiger partial charge in [0.25, 0.3) is 0 Å². The summed E-state index contributed by atoms with van der Waals surface area (Å²) >= 11 is 0. The van der Waals surface area contributed by atoms with Crippen LogP contribution < -0.4 is 5.72 Å². The van der Waals surface area contributed by atoms with Crippen LogP contribution in [0, 0.1) is 0 Å². The Hall–Kier alpha value is -4.15. The second kappa shape index (κ2) is 14.3. The van der Waals surface area contributed by atoms with Gasteiger partial charge in [-0.25, -0.2) is 0 Å². The Morgan fingerprint density at radius 3 is 2.00 bits per heavy atom. The van der Waals surface area contributed by atoms with Gasteiger partial charge in [0.1, 0.15) is 0 Å². The molecular weight excluding hydrogens is 499 g/mol. The van der Waals surface area contributed by atoms with E-state index in [4.69, 9.17) is 4.98 Å². The molecule has 4 aromatic carbocycles. The fourth-order valence-corrected chi connectivity index (χ4v) is 6.77. The lowest BCUT2D eigenvalue weighted by molar-refractivity contribution is 0.794. The minimum atomic E-state index is -0.328. The third-order valence-electron chi connectivity index (χ3n) is 7.29. The first-order chi connectivity index (χ1) is 19.8. The summed E-state index contributed by atoms with van der Waals surface area (Å²) in [6.07, 6.45) is 10.9. The van der Waals surface area contributed by atoms with E-state index >= 15 is 0 Å². The molecule has 2 nitrogen and oxygen atoms in total. The van der Waals surface area contributed by atoms with Crippen molar-refractivity contribution in [2.45, 2.75) is 31.5 Å². The van der Waals surface area contributed by atoms with E-state index < -0.39 is 0 Å². The molecule has 1 aromatic heterocycles. The lowest BCUT2D eigenvalue weighted by Crippen LogP contribution is -2.29. The van der Waals surface area contributed by atoms with Crippen LogP contribution in [0.1, 0.15) is 41.5 Å². The molecule has 0 aliphatic heterocycles. The summed E-state index contributed by atoms with van der Waals surface area (Å²) < 4.78 is 2.33. The van der Waals surface area contributed by atoms with E-state index in [1.165, 1.54) is 39.3 Å². The molecule has 1 heterocycles. The highest BCUT2D eigenvalue weighted by Gasteiger charge is 2.14. The zero-order chi connectivity index (χ0) is 27.4. The van der Waals surface area contributed by atoms with Gasteiger partial charge in [-0.15, -0.1) is 0 Å². The second-order valence-electron chi connectivity index (χ2n) is 10.3. The van der Waals surface area contributed by atoms with Gasteiger partial charge in [-0.3, -0.25) is 4.98 Å². The van der Waals surface area contributed by atoms with Gasteiger partial charge in [-0.05, 0) is 41.6 Å². The van der Waals surface area contributed by atoms with Crippen LogP contribution in [0.3, 0.4) is 0 Å². The average Bonchev–Trinajstić information content (AvgIpc) is 3.46. The van der Waals surface area contributed by atoms with Crippen molar-refractivity contribution in [1.82, 2.24) is 9.55 Å². The number of rotatable bonds is 12. The van der Waals surface area contributed by atoms with Crippen molar-refractivity contribution in [1.29, 1.82) is 0 Å². The third kappa shape index (κ3) is 7.71. The standard InChI is InChI=1S/C36H36BN2Si/c1-29(26-34(31-16-8-3-9-17-31)32-18-10-4-11-19-32)22-25-40-28-39-24-23-38-36(39)37-35(33-20-12-5-13-21-33)27-30-14-6-2-7-15-30/h2-24,27,34H,25-26,28,40H2,1H3. The zero-order valence-corrected chi connectivity index (χ0v) is 24.6. The number of hydrogen-bond acceptors (Lipinski definition) is 1. The van der Waals surface area contributed by atoms with Crippen LogP contribution >= 0.6 is 0 Å². The van der Waals surface area contributed by atoms with Gasteiger partial charge >= 0.3 is 0 Å². The minimum Gasteiger partial charge on any atom is -0.347 e. The number of aromatic nitrogens is 2. The molecule has 0 fully saturated rings. The summed E-state index contributed by atoms with van der Waals surface area (Å²) in [7, 11) is 1.90. The molecule has 0 unspecified atom stereocenters. The maximum atomic E-state index is 4.72. The van der Waals surface area contributed by atoms with Gasteiger partial charge in [0.15, 0.2) is 0 Å². The number of benzene rings is 4. The fraction of sp³-hybridized carbons (Fsp3) is 0.139. The number of allylic oxidation sites excluding steroid dienone is 2. The zero-order valence-electron chi connectivity index (χ0n) is 23.2. The number of nitrogens with zero attached hydrogens (tertiary/aromatic N) is 2. The highest BCUT2D eigenvalue weighted by Crippen LogP contribution is 2.30. The van der Waals surface area contributed by atoms with E-state index in [0.717, 1.165) is 18.3 Å². The smallest absolute Gasteiger partial charge is 0.241 e. The first-order valence-electron chi connectivity index (χ1n) is 14.2. The lowest BCUT2D eigenvalue weighted by atomic mass is 9.65. The van der Waals surface area contributed by atoms with Gasteiger partial charge in [0, 0.05) is 34.0 Å². The first kappa shape index (κ1) is 27.4. The van der Waals surface area contributed by atoms with Crippen molar-refractivity contribution in [3.8, 4) is 0 Å². The highest BCUT2D eigenvalue weighted by atomic mass is 28.2. The van der Waals surface area contributed by atoms with E-state index in [1.807, 2.05) is 6.20 Å². The fourth-order valence-electron chi connectivity index (χ4n) is 5.17. The molecule has 0 N–H and O–H groups in total. The summed E-state index contributed by atoms with van der Waals surface area (Å²) in [5.74, 6) is 0.392. The second-order valence-corrected chi connectivity index (χ2v) is 12.0. The Morgan fingerprint density at radius 1 is 0.800 bits per heavy atom. The predicted octanol–water partition coefficient (Wildman–Crippen LogP) is 7.12. The molecule has 0 saturated heterocycles. The number of hydrogen-bond donors (Lipinski definition) is 0.